The first-order chi connectivity index (χ1) is 9.50. The highest BCUT2D eigenvalue weighted by Gasteiger charge is 2.34. The lowest BCUT2D eigenvalue weighted by atomic mass is 9.80. The van der Waals surface area contributed by atoms with Crippen LogP contribution >= 0.6 is 0 Å². The molecule has 1 N–H and O–H groups in total. The van der Waals surface area contributed by atoms with Gasteiger partial charge in [0.1, 0.15) is 9.84 Å². The van der Waals surface area contributed by atoms with Crippen molar-refractivity contribution in [2.24, 2.45) is 11.8 Å². The lowest BCUT2D eigenvalue weighted by Gasteiger charge is -2.35. The van der Waals surface area contributed by atoms with Gasteiger partial charge in [0.05, 0.1) is 5.25 Å². The maximum absolute atomic E-state index is 11.8. The molecule has 20 heavy (non-hydrogen) atoms. The lowest BCUT2D eigenvalue weighted by Crippen LogP contribution is -2.42. The van der Waals surface area contributed by atoms with Gasteiger partial charge in [-0.1, -0.05) is 39.0 Å². The summed E-state index contributed by atoms with van der Waals surface area (Å²) in [6, 6.07) is 0.535. The quantitative estimate of drug-likeness (QED) is 0.820. The third kappa shape index (κ3) is 4.45. The molecule has 0 aliphatic heterocycles. The second-order valence-corrected chi connectivity index (χ2v) is 9.25. The summed E-state index contributed by atoms with van der Waals surface area (Å²) >= 11 is 0. The van der Waals surface area contributed by atoms with Gasteiger partial charge in [0.15, 0.2) is 0 Å². The van der Waals surface area contributed by atoms with Crippen LogP contribution in [0.15, 0.2) is 0 Å². The van der Waals surface area contributed by atoms with Crippen molar-refractivity contribution in [3.63, 3.8) is 0 Å². The minimum Gasteiger partial charge on any atom is -0.314 e. The Bertz CT molecular complexity index is 387. The summed E-state index contributed by atoms with van der Waals surface area (Å²) in [5.74, 6) is 1.43. The van der Waals surface area contributed by atoms with Gasteiger partial charge in [-0.2, -0.15) is 0 Å². The molecule has 2 saturated carbocycles. The van der Waals surface area contributed by atoms with Crippen molar-refractivity contribution in [3.8, 4) is 0 Å². The maximum atomic E-state index is 11.8. The highest BCUT2D eigenvalue weighted by Crippen LogP contribution is 2.36. The molecule has 3 nitrogen and oxygen atoms in total. The van der Waals surface area contributed by atoms with Crippen LogP contribution in [-0.4, -0.2) is 32.5 Å². The summed E-state index contributed by atoms with van der Waals surface area (Å²) in [5.41, 5.74) is 0. The van der Waals surface area contributed by atoms with E-state index < -0.39 is 9.84 Å². The van der Waals surface area contributed by atoms with Gasteiger partial charge in [0.2, 0.25) is 0 Å². The molecule has 0 aromatic carbocycles. The van der Waals surface area contributed by atoms with Gasteiger partial charge in [-0.15, -0.1) is 0 Å². The third-order valence-electron chi connectivity index (χ3n) is 5.37. The zero-order valence-electron chi connectivity index (χ0n) is 13.1. The summed E-state index contributed by atoms with van der Waals surface area (Å²) in [6.45, 7) is 3.16. The molecule has 0 bridgehead atoms. The maximum Gasteiger partial charge on any atom is 0.150 e. The third-order valence-corrected chi connectivity index (χ3v) is 7.01. The number of sulfone groups is 1. The van der Waals surface area contributed by atoms with Crippen molar-refractivity contribution in [2.45, 2.75) is 76.0 Å². The molecule has 2 rings (SSSR count). The molecule has 118 valence electrons. The van der Waals surface area contributed by atoms with Crippen LogP contribution in [0, 0.1) is 11.8 Å². The van der Waals surface area contributed by atoms with Crippen LogP contribution in [0.25, 0.3) is 0 Å². The summed E-state index contributed by atoms with van der Waals surface area (Å²) in [6.07, 6.45) is 12.2. The molecule has 0 aromatic heterocycles. The largest absolute Gasteiger partial charge is 0.314 e. The zero-order chi connectivity index (χ0) is 14.6. The van der Waals surface area contributed by atoms with Crippen molar-refractivity contribution in [1.82, 2.24) is 5.32 Å². The van der Waals surface area contributed by atoms with Crippen molar-refractivity contribution in [1.29, 1.82) is 0 Å². The van der Waals surface area contributed by atoms with E-state index >= 15 is 0 Å². The van der Waals surface area contributed by atoms with Crippen LogP contribution in [-0.2, 0) is 9.84 Å². The second-order valence-electron chi connectivity index (χ2n) is 6.93. The first-order valence-corrected chi connectivity index (χ1v) is 10.4. The summed E-state index contributed by atoms with van der Waals surface area (Å²) in [7, 11) is -2.86. The monoisotopic (exact) mass is 301 g/mol. The van der Waals surface area contributed by atoms with E-state index in [4.69, 9.17) is 0 Å². The van der Waals surface area contributed by atoms with Gasteiger partial charge in [0, 0.05) is 12.3 Å². The molecule has 4 heteroatoms. The smallest absolute Gasteiger partial charge is 0.150 e. The number of hydrogen-bond acceptors (Lipinski definition) is 3. The van der Waals surface area contributed by atoms with E-state index in [0.29, 0.717) is 12.0 Å². The molecule has 0 spiro atoms. The predicted octanol–water partition coefficient (Wildman–Crippen LogP) is 3.15. The van der Waals surface area contributed by atoms with Crippen LogP contribution in [0.2, 0.25) is 0 Å². The summed E-state index contributed by atoms with van der Waals surface area (Å²) in [5, 5.41) is 3.56. The number of nitrogens with one attached hydrogen (secondary N) is 1. The molecule has 0 heterocycles. The van der Waals surface area contributed by atoms with E-state index in [-0.39, 0.29) is 5.25 Å². The Morgan fingerprint density at radius 2 is 1.80 bits per heavy atom. The van der Waals surface area contributed by atoms with E-state index in [1.165, 1.54) is 44.8 Å². The molecular formula is C16H31NO2S. The SMILES string of the molecule is CCNC(CC1CCCC1)C1CCCC(S(C)(=O)=O)C1. The van der Waals surface area contributed by atoms with Crippen LogP contribution in [0.4, 0.5) is 0 Å². The molecule has 0 radical (unpaired) electrons. The van der Waals surface area contributed by atoms with Gasteiger partial charge in [-0.25, -0.2) is 8.42 Å². The van der Waals surface area contributed by atoms with Gasteiger partial charge >= 0.3 is 0 Å². The van der Waals surface area contributed by atoms with Gasteiger partial charge in [-0.05, 0) is 44.1 Å². The second kappa shape index (κ2) is 7.26. The predicted molar refractivity (Wildman–Crippen MR) is 84.6 cm³/mol. The Hall–Kier alpha value is -0.0900. The zero-order valence-corrected chi connectivity index (χ0v) is 13.9. The van der Waals surface area contributed by atoms with Gasteiger partial charge in [-0.3, -0.25) is 0 Å². The molecular weight excluding hydrogens is 270 g/mol. The van der Waals surface area contributed by atoms with Gasteiger partial charge in [0.25, 0.3) is 0 Å². The average molecular weight is 301 g/mol. The number of rotatable bonds is 6. The molecule has 3 atom stereocenters. The van der Waals surface area contributed by atoms with E-state index in [1.807, 2.05) is 0 Å². The van der Waals surface area contributed by atoms with Crippen molar-refractivity contribution in [3.05, 3.63) is 0 Å². The Kier molecular flexibility index (Phi) is 5.91. The minimum atomic E-state index is -2.86. The summed E-state index contributed by atoms with van der Waals surface area (Å²) < 4.78 is 23.7. The highest BCUT2D eigenvalue weighted by atomic mass is 32.2. The number of hydrogen-bond donors (Lipinski definition) is 1. The fraction of sp³-hybridized carbons (Fsp3) is 1.00. The van der Waals surface area contributed by atoms with Crippen LogP contribution in [0.3, 0.4) is 0 Å². The Labute approximate surface area is 124 Å². The standard InChI is InChI=1S/C16H31NO2S/c1-3-17-16(11-13-7-4-5-8-13)14-9-6-10-15(12-14)20(2,18)19/h13-17H,3-12H2,1-2H3. The van der Waals surface area contributed by atoms with E-state index in [1.54, 1.807) is 0 Å². The Balaban J connectivity index is 1.96. The molecule has 2 aliphatic rings. The molecule has 0 aromatic rings. The Morgan fingerprint density at radius 1 is 1.10 bits per heavy atom. The van der Waals surface area contributed by atoms with E-state index in [0.717, 1.165) is 31.7 Å². The molecule has 2 fully saturated rings. The normalized spacial score (nSPS) is 30.5. The molecule has 3 unspecified atom stereocenters. The fourth-order valence-electron chi connectivity index (χ4n) is 4.25. The first-order valence-electron chi connectivity index (χ1n) is 8.43. The van der Waals surface area contributed by atoms with Crippen LogP contribution in [0.5, 0.6) is 0 Å². The van der Waals surface area contributed by atoms with E-state index in [9.17, 15) is 8.42 Å². The summed E-state index contributed by atoms with van der Waals surface area (Å²) in [4.78, 5) is 0. The molecule has 0 amide bonds. The van der Waals surface area contributed by atoms with Crippen LogP contribution < -0.4 is 5.32 Å². The lowest BCUT2D eigenvalue weighted by molar-refractivity contribution is 0.237. The molecule has 2 aliphatic carbocycles. The topological polar surface area (TPSA) is 46.2 Å². The van der Waals surface area contributed by atoms with E-state index in [2.05, 4.69) is 12.2 Å². The molecule has 0 saturated heterocycles. The van der Waals surface area contributed by atoms with Crippen LogP contribution in [0.1, 0.15) is 64.7 Å². The fourth-order valence-corrected chi connectivity index (χ4v) is 5.44. The first kappa shape index (κ1) is 16.3. The Morgan fingerprint density at radius 3 is 2.40 bits per heavy atom. The minimum absolute atomic E-state index is 0.0917. The van der Waals surface area contributed by atoms with Crippen molar-refractivity contribution < 1.29 is 8.42 Å². The van der Waals surface area contributed by atoms with Crippen molar-refractivity contribution in [2.75, 3.05) is 12.8 Å². The average Bonchev–Trinajstić information content (AvgIpc) is 2.90. The highest BCUT2D eigenvalue weighted by molar-refractivity contribution is 7.91. The van der Waals surface area contributed by atoms with Crippen molar-refractivity contribution >= 4 is 9.84 Å². The van der Waals surface area contributed by atoms with Gasteiger partial charge < -0.3 is 5.32 Å².